The number of carbonyl (C=O) groups excluding carboxylic acids is 1. The van der Waals surface area contributed by atoms with Crippen LogP contribution in [-0.2, 0) is 13.1 Å². The molecule has 0 aliphatic carbocycles. The van der Waals surface area contributed by atoms with Gasteiger partial charge in [-0.15, -0.1) is 10.2 Å². The van der Waals surface area contributed by atoms with Gasteiger partial charge in [-0.1, -0.05) is 13.8 Å². The third-order valence-electron chi connectivity index (χ3n) is 3.34. The first kappa shape index (κ1) is 15.4. The Morgan fingerprint density at radius 3 is 2.63 bits per heavy atom. The second-order valence-electron chi connectivity index (χ2n) is 4.50. The molecule has 0 radical (unpaired) electrons. The summed E-state index contributed by atoms with van der Waals surface area (Å²) in [5, 5.41) is 23.1. The molecule has 108 valence electrons. The van der Waals surface area contributed by atoms with Gasteiger partial charge in [-0.25, -0.2) is 4.79 Å². The lowest BCUT2D eigenvalue weighted by Gasteiger charge is -2.25. The molecule has 0 fully saturated rings. The second kappa shape index (κ2) is 7.08. The number of amides is 2. The molecule has 2 amide bonds. The van der Waals surface area contributed by atoms with E-state index < -0.39 is 5.60 Å². The van der Waals surface area contributed by atoms with Gasteiger partial charge < -0.3 is 20.3 Å². The number of nitrogens with zero attached hydrogens (tertiary/aromatic N) is 3. The van der Waals surface area contributed by atoms with Crippen molar-refractivity contribution in [3.63, 3.8) is 0 Å². The molecule has 1 aromatic heterocycles. The number of carbonyl (C=O) groups is 1. The van der Waals surface area contributed by atoms with Crippen LogP contribution in [0.25, 0.3) is 0 Å². The Morgan fingerprint density at radius 1 is 1.37 bits per heavy atom. The molecule has 0 aliphatic heterocycles. The van der Waals surface area contributed by atoms with Crippen LogP contribution in [0.4, 0.5) is 4.79 Å². The fourth-order valence-electron chi connectivity index (χ4n) is 1.65. The Labute approximate surface area is 113 Å². The summed E-state index contributed by atoms with van der Waals surface area (Å²) in [7, 11) is 0. The Kier molecular flexibility index (Phi) is 5.75. The van der Waals surface area contributed by atoms with Gasteiger partial charge >= 0.3 is 6.03 Å². The van der Waals surface area contributed by atoms with E-state index in [1.807, 2.05) is 25.3 Å². The Morgan fingerprint density at radius 2 is 2.05 bits per heavy atom. The monoisotopic (exact) mass is 269 g/mol. The molecule has 0 atom stereocenters. The van der Waals surface area contributed by atoms with E-state index in [0.717, 1.165) is 6.54 Å². The minimum Gasteiger partial charge on any atom is -0.388 e. The first-order valence-corrected chi connectivity index (χ1v) is 6.65. The van der Waals surface area contributed by atoms with Crippen LogP contribution in [0.5, 0.6) is 0 Å². The van der Waals surface area contributed by atoms with Crippen molar-refractivity contribution >= 4 is 6.03 Å². The summed E-state index contributed by atoms with van der Waals surface area (Å²) in [5.74, 6) is 0.707. The van der Waals surface area contributed by atoms with Crippen molar-refractivity contribution in [3.8, 4) is 0 Å². The SMILES string of the molecule is CCn1cnnc1CNC(=O)NCC(O)(CC)CC. The van der Waals surface area contributed by atoms with Crippen LogP contribution in [0.2, 0.25) is 0 Å². The standard InChI is InChI=1S/C12H23N5O2/c1-4-12(19,5-2)8-14-11(18)13-7-10-16-15-9-17(10)6-3/h9,19H,4-8H2,1-3H3,(H2,13,14,18). The van der Waals surface area contributed by atoms with E-state index in [1.54, 1.807) is 6.33 Å². The summed E-state index contributed by atoms with van der Waals surface area (Å²) in [6, 6.07) is -0.314. The molecular weight excluding hydrogens is 246 g/mol. The summed E-state index contributed by atoms with van der Waals surface area (Å²) < 4.78 is 1.86. The van der Waals surface area contributed by atoms with Crippen molar-refractivity contribution in [2.24, 2.45) is 0 Å². The zero-order valence-corrected chi connectivity index (χ0v) is 11.8. The summed E-state index contributed by atoms with van der Waals surface area (Å²) in [4.78, 5) is 11.6. The molecule has 0 bridgehead atoms. The third-order valence-corrected chi connectivity index (χ3v) is 3.34. The zero-order valence-electron chi connectivity index (χ0n) is 11.8. The van der Waals surface area contributed by atoms with Crippen LogP contribution in [0, 0.1) is 0 Å². The smallest absolute Gasteiger partial charge is 0.315 e. The van der Waals surface area contributed by atoms with Crippen LogP contribution < -0.4 is 10.6 Å². The normalized spacial score (nSPS) is 11.4. The molecule has 1 rings (SSSR count). The maximum absolute atomic E-state index is 11.6. The Hall–Kier alpha value is -1.63. The van der Waals surface area contributed by atoms with Crippen molar-refractivity contribution in [2.45, 2.75) is 52.3 Å². The van der Waals surface area contributed by atoms with E-state index in [9.17, 15) is 9.90 Å². The van der Waals surface area contributed by atoms with E-state index in [2.05, 4.69) is 20.8 Å². The average molecular weight is 269 g/mol. The lowest BCUT2D eigenvalue weighted by molar-refractivity contribution is 0.0349. The van der Waals surface area contributed by atoms with Crippen molar-refractivity contribution in [1.82, 2.24) is 25.4 Å². The van der Waals surface area contributed by atoms with E-state index in [4.69, 9.17) is 0 Å². The van der Waals surface area contributed by atoms with Gasteiger partial charge in [0.25, 0.3) is 0 Å². The molecule has 1 aromatic rings. The summed E-state index contributed by atoms with van der Waals surface area (Å²) in [6.45, 7) is 7.09. The predicted molar refractivity (Wildman–Crippen MR) is 71.5 cm³/mol. The quantitative estimate of drug-likeness (QED) is 0.677. The van der Waals surface area contributed by atoms with Crippen molar-refractivity contribution in [1.29, 1.82) is 0 Å². The number of nitrogens with one attached hydrogen (secondary N) is 2. The summed E-state index contributed by atoms with van der Waals surface area (Å²) >= 11 is 0. The lowest BCUT2D eigenvalue weighted by atomic mass is 9.98. The highest BCUT2D eigenvalue weighted by molar-refractivity contribution is 5.73. The maximum atomic E-state index is 11.6. The topological polar surface area (TPSA) is 92.1 Å². The van der Waals surface area contributed by atoms with E-state index in [1.165, 1.54) is 0 Å². The molecular formula is C12H23N5O2. The molecule has 0 saturated carbocycles. The highest BCUT2D eigenvalue weighted by atomic mass is 16.3. The highest BCUT2D eigenvalue weighted by Crippen LogP contribution is 2.12. The van der Waals surface area contributed by atoms with Gasteiger partial charge in [0.15, 0.2) is 5.82 Å². The van der Waals surface area contributed by atoms with Gasteiger partial charge in [0.1, 0.15) is 6.33 Å². The third kappa shape index (κ3) is 4.51. The van der Waals surface area contributed by atoms with Crippen LogP contribution >= 0.6 is 0 Å². The number of aliphatic hydroxyl groups is 1. The number of urea groups is 1. The molecule has 1 heterocycles. The van der Waals surface area contributed by atoms with Crippen molar-refractivity contribution < 1.29 is 9.90 Å². The van der Waals surface area contributed by atoms with Gasteiger partial charge in [0.05, 0.1) is 12.1 Å². The number of rotatable bonds is 7. The molecule has 0 spiro atoms. The number of aromatic nitrogens is 3. The van der Waals surface area contributed by atoms with Crippen molar-refractivity contribution in [2.75, 3.05) is 6.54 Å². The second-order valence-corrected chi connectivity index (χ2v) is 4.50. The summed E-state index contributed by atoms with van der Waals surface area (Å²) in [5.41, 5.74) is -0.833. The Balaban J connectivity index is 2.36. The van der Waals surface area contributed by atoms with Crippen LogP contribution in [0.1, 0.15) is 39.4 Å². The van der Waals surface area contributed by atoms with E-state index in [0.29, 0.717) is 25.2 Å². The highest BCUT2D eigenvalue weighted by Gasteiger charge is 2.22. The van der Waals surface area contributed by atoms with Crippen LogP contribution in [0.15, 0.2) is 6.33 Å². The molecule has 0 aromatic carbocycles. The maximum Gasteiger partial charge on any atom is 0.315 e. The minimum absolute atomic E-state index is 0.242. The first-order valence-electron chi connectivity index (χ1n) is 6.65. The van der Waals surface area contributed by atoms with Gasteiger partial charge in [-0.2, -0.15) is 0 Å². The van der Waals surface area contributed by atoms with Crippen molar-refractivity contribution in [3.05, 3.63) is 12.2 Å². The molecule has 0 aliphatic rings. The van der Waals surface area contributed by atoms with Gasteiger partial charge in [0, 0.05) is 13.1 Å². The molecule has 0 saturated heterocycles. The molecule has 7 nitrogen and oxygen atoms in total. The van der Waals surface area contributed by atoms with E-state index >= 15 is 0 Å². The van der Waals surface area contributed by atoms with Gasteiger partial charge in [-0.3, -0.25) is 0 Å². The average Bonchev–Trinajstić information content (AvgIpc) is 2.90. The largest absolute Gasteiger partial charge is 0.388 e. The first-order chi connectivity index (χ1) is 9.04. The number of aryl methyl sites for hydroxylation is 1. The van der Waals surface area contributed by atoms with Gasteiger partial charge in [-0.05, 0) is 19.8 Å². The Bertz CT molecular complexity index is 401. The fraction of sp³-hybridized carbons (Fsp3) is 0.750. The van der Waals surface area contributed by atoms with Crippen LogP contribution in [-0.4, -0.2) is 38.0 Å². The molecule has 19 heavy (non-hydrogen) atoms. The zero-order chi connectivity index (χ0) is 14.3. The van der Waals surface area contributed by atoms with E-state index in [-0.39, 0.29) is 12.6 Å². The minimum atomic E-state index is -0.833. The van der Waals surface area contributed by atoms with Crippen LogP contribution in [0.3, 0.4) is 0 Å². The number of hydrogen-bond donors (Lipinski definition) is 3. The lowest BCUT2D eigenvalue weighted by Crippen LogP contribution is -2.45. The summed E-state index contributed by atoms with van der Waals surface area (Å²) in [6.07, 6.45) is 2.84. The fourth-order valence-corrected chi connectivity index (χ4v) is 1.65. The predicted octanol–water partition coefficient (Wildman–Crippen LogP) is 0.648. The molecule has 3 N–H and O–H groups in total. The molecule has 0 unspecified atom stereocenters. The van der Waals surface area contributed by atoms with Gasteiger partial charge in [0.2, 0.25) is 0 Å². The molecule has 7 heteroatoms. The number of hydrogen-bond acceptors (Lipinski definition) is 4.